The van der Waals surface area contributed by atoms with Gasteiger partial charge in [0.1, 0.15) is 11.5 Å². The van der Waals surface area contributed by atoms with Crippen LogP contribution in [0.5, 0.6) is 5.75 Å². The van der Waals surface area contributed by atoms with E-state index in [9.17, 15) is 14.7 Å². The van der Waals surface area contributed by atoms with Crippen molar-refractivity contribution in [2.24, 2.45) is 0 Å². The number of H-pyrrole nitrogens is 1. The first kappa shape index (κ1) is 21.7. The van der Waals surface area contributed by atoms with Gasteiger partial charge in [0.25, 0.3) is 11.7 Å². The molecule has 1 atom stereocenters. The van der Waals surface area contributed by atoms with E-state index >= 15 is 0 Å². The van der Waals surface area contributed by atoms with Crippen molar-refractivity contribution >= 4 is 28.4 Å². The standard InChI is InChI=1S/C26H28N2O4/c1-4-5-14-28-23(18-11-7-9-13-21(18)32-16(2)3)22(25(30)26(28)31)24(29)19-15-27-20-12-8-6-10-17(19)20/h6-13,15-16,23,27,29H,4-5,14H2,1-3H3/b24-22+. The molecule has 32 heavy (non-hydrogen) atoms. The van der Waals surface area contributed by atoms with Crippen LogP contribution in [-0.2, 0) is 9.59 Å². The van der Waals surface area contributed by atoms with Crippen molar-refractivity contribution in [3.8, 4) is 5.75 Å². The summed E-state index contributed by atoms with van der Waals surface area (Å²) in [5.74, 6) is -0.845. The Labute approximate surface area is 187 Å². The number of fused-ring (bicyclic) bond motifs is 1. The van der Waals surface area contributed by atoms with Gasteiger partial charge < -0.3 is 19.7 Å². The van der Waals surface area contributed by atoms with Gasteiger partial charge in [0, 0.05) is 34.8 Å². The number of para-hydroxylation sites is 2. The van der Waals surface area contributed by atoms with E-state index in [1.807, 2.05) is 69.3 Å². The highest BCUT2D eigenvalue weighted by molar-refractivity contribution is 6.46. The minimum Gasteiger partial charge on any atom is -0.507 e. The van der Waals surface area contributed by atoms with Crippen molar-refractivity contribution in [3.05, 3.63) is 71.4 Å². The molecular weight excluding hydrogens is 404 g/mol. The molecule has 0 saturated carbocycles. The third-order valence-corrected chi connectivity index (χ3v) is 5.71. The maximum Gasteiger partial charge on any atom is 0.295 e. The number of aliphatic hydroxyl groups excluding tert-OH is 1. The molecular formula is C26H28N2O4. The van der Waals surface area contributed by atoms with Crippen LogP contribution in [0.4, 0.5) is 0 Å². The van der Waals surface area contributed by atoms with Crippen molar-refractivity contribution < 1.29 is 19.4 Å². The molecule has 6 nitrogen and oxygen atoms in total. The number of aromatic amines is 1. The summed E-state index contributed by atoms with van der Waals surface area (Å²) in [5, 5.41) is 12.1. The Kier molecular flexibility index (Phi) is 6.04. The Balaban J connectivity index is 1.93. The number of carbonyl (C=O) groups is 2. The monoisotopic (exact) mass is 432 g/mol. The van der Waals surface area contributed by atoms with Crippen LogP contribution in [0.15, 0.2) is 60.3 Å². The fraction of sp³-hybridized carbons (Fsp3) is 0.308. The molecule has 1 fully saturated rings. The van der Waals surface area contributed by atoms with E-state index in [-0.39, 0.29) is 17.4 Å². The van der Waals surface area contributed by atoms with E-state index in [2.05, 4.69) is 4.98 Å². The summed E-state index contributed by atoms with van der Waals surface area (Å²) in [4.78, 5) is 31.0. The van der Waals surface area contributed by atoms with Gasteiger partial charge >= 0.3 is 0 Å². The minimum atomic E-state index is -0.717. The molecule has 0 spiro atoms. The minimum absolute atomic E-state index is 0.0808. The fourth-order valence-corrected chi connectivity index (χ4v) is 4.24. The Morgan fingerprint density at radius 2 is 1.84 bits per heavy atom. The van der Waals surface area contributed by atoms with Gasteiger partial charge in [-0.3, -0.25) is 9.59 Å². The van der Waals surface area contributed by atoms with Crippen LogP contribution in [0.25, 0.3) is 16.7 Å². The second kappa shape index (κ2) is 8.91. The predicted octanol–water partition coefficient (Wildman–Crippen LogP) is 5.18. The first-order valence-electron chi connectivity index (χ1n) is 11.0. The number of hydrogen-bond donors (Lipinski definition) is 2. The third-order valence-electron chi connectivity index (χ3n) is 5.71. The highest BCUT2D eigenvalue weighted by atomic mass is 16.5. The lowest BCUT2D eigenvalue weighted by atomic mass is 9.94. The number of hydrogen-bond acceptors (Lipinski definition) is 4. The molecule has 0 aliphatic carbocycles. The van der Waals surface area contributed by atoms with Crippen molar-refractivity contribution in [2.75, 3.05) is 6.54 Å². The van der Waals surface area contributed by atoms with Crippen molar-refractivity contribution in [2.45, 2.75) is 45.8 Å². The molecule has 3 aromatic rings. The number of nitrogens with one attached hydrogen (secondary N) is 1. The van der Waals surface area contributed by atoms with Crippen molar-refractivity contribution in [1.82, 2.24) is 9.88 Å². The number of aliphatic hydroxyl groups is 1. The number of ketones is 1. The van der Waals surface area contributed by atoms with Crippen molar-refractivity contribution in [1.29, 1.82) is 0 Å². The van der Waals surface area contributed by atoms with Crippen LogP contribution >= 0.6 is 0 Å². The van der Waals surface area contributed by atoms with Crippen molar-refractivity contribution in [3.63, 3.8) is 0 Å². The predicted molar refractivity (Wildman–Crippen MR) is 124 cm³/mol. The van der Waals surface area contributed by atoms with E-state index in [0.717, 1.165) is 23.7 Å². The summed E-state index contributed by atoms with van der Waals surface area (Å²) in [7, 11) is 0. The Bertz CT molecular complexity index is 1190. The second-order valence-electron chi connectivity index (χ2n) is 8.30. The third kappa shape index (κ3) is 3.77. The number of benzene rings is 2. The van der Waals surface area contributed by atoms with E-state index < -0.39 is 17.7 Å². The Morgan fingerprint density at radius 3 is 2.59 bits per heavy atom. The highest BCUT2D eigenvalue weighted by Gasteiger charge is 2.47. The van der Waals surface area contributed by atoms with E-state index in [1.54, 1.807) is 11.1 Å². The number of amides is 1. The second-order valence-corrected chi connectivity index (χ2v) is 8.30. The molecule has 4 rings (SSSR count). The number of unbranched alkanes of at least 4 members (excludes halogenated alkanes) is 1. The number of carbonyl (C=O) groups excluding carboxylic acids is 2. The smallest absolute Gasteiger partial charge is 0.295 e. The molecule has 6 heteroatoms. The summed E-state index contributed by atoms with van der Waals surface area (Å²) >= 11 is 0. The molecule has 1 aliphatic heterocycles. The van der Waals surface area contributed by atoms with Crippen LogP contribution in [0.1, 0.15) is 50.8 Å². The van der Waals surface area contributed by atoms with Gasteiger partial charge in [-0.15, -0.1) is 0 Å². The molecule has 2 N–H and O–H groups in total. The zero-order valence-electron chi connectivity index (χ0n) is 18.6. The number of aromatic nitrogens is 1. The molecule has 1 amide bonds. The van der Waals surface area contributed by atoms with Gasteiger partial charge in [0.05, 0.1) is 17.7 Å². The number of rotatable bonds is 7. The molecule has 1 aromatic heterocycles. The summed E-state index contributed by atoms with van der Waals surface area (Å²) in [6, 6.07) is 14.2. The average molecular weight is 433 g/mol. The van der Waals surface area contributed by atoms with Gasteiger partial charge in [-0.2, -0.15) is 0 Å². The molecule has 2 heterocycles. The SMILES string of the molecule is CCCCN1C(=O)C(=O)/C(=C(/O)c2c[nH]c3ccccc23)C1c1ccccc1OC(C)C. The molecule has 166 valence electrons. The molecule has 1 unspecified atom stereocenters. The zero-order valence-corrected chi connectivity index (χ0v) is 18.6. The lowest BCUT2D eigenvalue weighted by Crippen LogP contribution is -2.31. The zero-order chi connectivity index (χ0) is 22.8. The number of Topliss-reactive ketones (excluding diaryl/α,β-unsaturated/α-hetero) is 1. The number of ether oxygens (including phenoxy) is 1. The fourth-order valence-electron chi connectivity index (χ4n) is 4.24. The molecule has 2 aromatic carbocycles. The Morgan fingerprint density at radius 1 is 1.12 bits per heavy atom. The van der Waals surface area contributed by atoms with Gasteiger partial charge in [-0.05, 0) is 32.4 Å². The first-order chi connectivity index (χ1) is 15.4. The molecule has 0 radical (unpaired) electrons. The topological polar surface area (TPSA) is 82.6 Å². The average Bonchev–Trinajstić information content (AvgIpc) is 3.31. The Hall–Kier alpha value is -3.54. The summed E-state index contributed by atoms with van der Waals surface area (Å²) in [5.41, 5.74) is 2.13. The van der Waals surface area contributed by atoms with Crippen LogP contribution < -0.4 is 4.74 Å². The quantitative estimate of drug-likeness (QED) is 0.306. The number of likely N-dealkylation sites (tertiary alicyclic amines) is 1. The normalized spacial score (nSPS) is 18.1. The number of nitrogens with zero attached hydrogens (tertiary/aromatic N) is 1. The van der Waals surface area contributed by atoms with Gasteiger partial charge in [0.15, 0.2) is 0 Å². The van der Waals surface area contributed by atoms with Gasteiger partial charge in [0.2, 0.25) is 0 Å². The summed E-state index contributed by atoms with van der Waals surface area (Å²) in [6.07, 6.45) is 3.22. The van der Waals surface area contributed by atoms with Crippen LogP contribution in [0, 0.1) is 0 Å². The van der Waals surface area contributed by atoms with Crippen LogP contribution in [0.2, 0.25) is 0 Å². The van der Waals surface area contributed by atoms with Gasteiger partial charge in [-0.1, -0.05) is 49.7 Å². The maximum atomic E-state index is 13.2. The lowest BCUT2D eigenvalue weighted by molar-refractivity contribution is -0.139. The van der Waals surface area contributed by atoms with Crippen LogP contribution in [-0.4, -0.2) is 39.3 Å². The summed E-state index contributed by atoms with van der Waals surface area (Å²) in [6.45, 7) is 6.31. The largest absolute Gasteiger partial charge is 0.507 e. The summed E-state index contributed by atoms with van der Waals surface area (Å²) < 4.78 is 6.01. The first-order valence-corrected chi connectivity index (χ1v) is 11.0. The lowest BCUT2D eigenvalue weighted by Gasteiger charge is -2.27. The van der Waals surface area contributed by atoms with E-state index in [1.165, 1.54) is 0 Å². The van der Waals surface area contributed by atoms with Gasteiger partial charge in [-0.25, -0.2) is 0 Å². The van der Waals surface area contributed by atoms with Crippen LogP contribution in [0.3, 0.4) is 0 Å². The molecule has 1 saturated heterocycles. The van der Waals surface area contributed by atoms with E-state index in [0.29, 0.717) is 23.4 Å². The molecule has 0 bridgehead atoms. The van der Waals surface area contributed by atoms with E-state index in [4.69, 9.17) is 4.74 Å². The maximum absolute atomic E-state index is 13.2. The molecule has 1 aliphatic rings. The highest BCUT2D eigenvalue weighted by Crippen LogP contribution is 2.43.